The summed E-state index contributed by atoms with van der Waals surface area (Å²) < 4.78 is 5.13. The Labute approximate surface area is 96.1 Å². The van der Waals surface area contributed by atoms with Gasteiger partial charge >= 0.3 is 5.97 Å². The highest BCUT2D eigenvalue weighted by atomic mass is 16.5. The van der Waals surface area contributed by atoms with E-state index >= 15 is 0 Å². The molecular weight excluding hydrogens is 204 g/mol. The minimum Gasteiger partial charge on any atom is -0.497 e. The molecule has 0 heterocycles. The summed E-state index contributed by atoms with van der Waals surface area (Å²) in [6.07, 6.45) is 0.903. The second-order valence-corrected chi connectivity index (χ2v) is 4.76. The lowest BCUT2D eigenvalue weighted by Crippen LogP contribution is -2.19. The smallest absolute Gasteiger partial charge is 0.303 e. The van der Waals surface area contributed by atoms with Crippen molar-refractivity contribution in [2.45, 2.75) is 26.7 Å². The van der Waals surface area contributed by atoms with Crippen molar-refractivity contribution in [3.63, 3.8) is 0 Å². The Morgan fingerprint density at radius 1 is 1.44 bits per heavy atom. The van der Waals surface area contributed by atoms with Crippen molar-refractivity contribution in [1.29, 1.82) is 0 Å². The third-order valence-electron chi connectivity index (χ3n) is 2.45. The predicted molar refractivity (Wildman–Crippen MR) is 62.7 cm³/mol. The molecule has 88 valence electrons. The minimum atomic E-state index is -0.757. The number of rotatable bonds is 5. The fourth-order valence-corrected chi connectivity index (χ4v) is 1.81. The molecule has 1 aromatic rings. The number of carboxylic acids is 1. The van der Waals surface area contributed by atoms with E-state index in [1.807, 2.05) is 38.1 Å². The zero-order valence-electron chi connectivity index (χ0n) is 9.99. The molecule has 0 saturated carbocycles. The van der Waals surface area contributed by atoms with Gasteiger partial charge in [-0.1, -0.05) is 26.0 Å². The summed E-state index contributed by atoms with van der Waals surface area (Å²) in [7, 11) is 1.63. The molecule has 0 aliphatic heterocycles. The van der Waals surface area contributed by atoms with Gasteiger partial charge in [0.2, 0.25) is 0 Å². The lowest BCUT2D eigenvalue weighted by Gasteiger charge is -2.22. The summed E-state index contributed by atoms with van der Waals surface area (Å²) >= 11 is 0. The van der Waals surface area contributed by atoms with Crippen LogP contribution in [0.25, 0.3) is 0 Å². The van der Waals surface area contributed by atoms with Crippen LogP contribution in [0.15, 0.2) is 24.3 Å². The van der Waals surface area contributed by atoms with Gasteiger partial charge in [-0.15, -0.1) is 0 Å². The molecule has 0 unspecified atom stereocenters. The summed E-state index contributed by atoms with van der Waals surface area (Å²) in [5, 5.41) is 8.80. The SMILES string of the molecule is COc1cccc(CC(C)(C)CC(=O)O)c1. The highest BCUT2D eigenvalue weighted by Gasteiger charge is 2.22. The normalized spacial score (nSPS) is 11.2. The number of carbonyl (C=O) groups is 1. The van der Waals surface area contributed by atoms with Gasteiger partial charge in [0, 0.05) is 0 Å². The van der Waals surface area contributed by atoms with E-state index in [1.54, 1.807) is 7.11 Å². The molecule has 1 aromatic carbocycles. The molecule has 0 atom stereocenters. The Morgan fingerprint density at radius 3 is 2.69 bits per heavy atom. The van der Waals surface area contributed by atoms with Gasteiger partial charge in [-0.2, -0.15) is 0 Å². The van der Waals surface area contributed by atoms with Crippen LogP contribution in [0.3, 0.4) is 0 Å². The Hall–Kier alpha value is -1.51. The van der Waals surface area contributed by atoms with E-state index in [-0.39, 0.29) is 11.8 Å². The Bertz CT molecular complexity index is 369. The Morgan fingerprint density at radius 2 is 2.12 bits per heavy atom. The van der Waals surface area contributed by atoms with Gasteiger partial charge in [0.1, 0.15) is 5.75 Å². The molecule has 0 radical (unpaired) electrons. The first-order valence-electron chi connectivity index (χ1n) is 5.28. The number of methoxy groups -OCH3 is 1. The molecule has 3 nitrogen and oxygen atoms in total. The van der Waals surface area contributed by atoms with Crippen LogP contribution >= 0.6 is 0 Å². The molecule has 0 aliphatic rings. The quantitative estimate of drug-likeness (QED) is 0.833. The van der Waals surface area contributed by atoms with Crippen molar-refractivity contribution in [3.05, 3.63) is 29.8 Å². The van der Waals surface area contributed by atoms with Crippen molar-refractivity contribution in [3.8, 4) is 5.75 Å². The highest BCUT2D eigenvalue weighted by Crippen LogP contribution is 2.27. The summed E-state index contributed by atoms with van der Waals surface area (Å²) in [6, 6.07) is 7.74. The Kier molecular flexibility index (Phi) is 3.93. The summed E-state index contributed by atoms with van der Waals surface area (Å²) in [5.74, 6) is 0.0523. The zero-order chi connectivity index (χ0) is 12.2. The fraction of sp³-hybridized carbons (Fsp3) is 0.462. The van der Waals surface area contributed by atoms with Gasteiger partial charge in [-0.05, 0) is 29.5 Å². The van der Waals surface area contributed by atoms with Crippen LogP contribution in [0.4, 0.5) is 0 Å². The second-order valence-electron chi connectivity index (χ2n) is 4.76. The maximum atomic E-state index is 10.7. The van der Waals surface area contributed by atoms with E-state index in [4.69, 9.17) is 9.84 Å². The first-order valence-corrected chi connectivity index (χ1v) is 5.28. The van der Waals surface area contributed by atoms with Crippen molar-refractivity contribution in [2.75, 3.05) is 7.11 Å². The van der Waals surface area contributed by atoms with Crippen LogP contribution in [0.2, 0.25) is 0 Å². The van der Waals surface area contributed by atoms with Crippen molar-refractivity contribution < 1.29 is 14.6 Å². The minimum absolute atomic E-state index is 0.171. The van der Waals surface area contributed by atoms with E-state index in [2.05, 4.69) is 0 Å². The van der Waals surface area contributed by atoms with E-state index < -0.39 is 5.97 Å². The predicted octanol–water partition coefficient (Wildman–Crippen LogP) is 2.74. The number of hydrogen-bond acceptors (Lipinski definition) is 2. The molecule has 16 heavy (non-hydrogen) atoms. The molecule has 1 rings (SSSR count). The van der Waals surface area contributed by atoms with Crippen molar-refractivity contribution >= 4 is 5.97 Å². The standard InChI is InChI=1S/C13H18O3/c1-13(2,9-12(14)15)8-10-5-4-6-11(7-10)16-3/h4-7H,8-9H2,1-3H3,(H,14,15). The van der Waals surface area contributed by atoms with Crippen LogP contribution in [-0.2, 0) is 11.2 Å². The first-order chi connectivity index (χ1) is 7.43. The second kappa shape index (κ2) is 5.01. The van der Waals surface area contributed by atoms with E-state index in [0.29, 0.717) is 0 Å². The monoisotopic (exact) mass is 222 g/mol. The lowest BCUT2D eigenvalue weighted by atomic mass is 9.83. The molecular formula is C13H18O3. The van der Waals surface area contributed by atoms with Crippen molar-refractivity contribution in [2.24, 2.45) is 5.41 Å². The average molecular weight is 222 g/mol. The fourth-order valence-electron chi connectivity index (χ4n) is 1.81. The van der Waals surface area contributed by atoms with Crippen LogP contribution in [0.1, 0.15) is 25.8 Å². The van der Waals surface area contributed by atoms with Crippen LogP contribution in [0, 0.1) is 5.41 Å². The van der Waals surface area contributed by atoms with Gasteiger partial charge in [0.05, 0.1) is 13.5 Å². The third kappa shape index (κ3) is 3.93. The summed E-state index contributed by atoms with van der Waals surface area (Å²) in [6.45, 7) is 3.92. The van der Waals surface area contributed by atoms with Gasteiger partial charge < -0.3 is 9.84 Å². The number of ether oxygens (including phenoxy) is 1. The van der Waals surface area contributed by atoms with E-state index in [0.717, 1.165) is 17.7 Å². The van der Waals surface area contributed by atoms with Gasteiger partial charge in [0.15, 0.2) is 0 Å². The average Bonchev–Trinajstić information content (AvgIpc) is 2.15. The van der Waals surface area contributed by atoms with Crippen LogP contribution < -0.4 is 4.74 Å². The third-order valence-corrected chi connectivity index (χ3v) is 2.45. The molecule has 0 spiro atoms. The van der Waals surface area contributed by atoms with Gasteiger partial charge in [-0.25, -0.2) is 0 Å². The lowest BCUT2D eigenvalue weighted by molar-refractivity contribution is -0.139. The van der Waals surface area contributed by atoms with Crippen LogP contribution in [0.5, 0.6) is 5.75 Å². The number of benzene rings is 1. The molecule has 3 heteroatoms. The highest BCUT2D eigenvalue weighted by molar-refractivity contribution is 5.67. The molecule has 0 saturated heterocycles. The number of hydrogen-bond donors (Lipinski definition) is 1. The molecule has 0 aromatic heterocycles. The first kappa shape index (κ1) is 12.6. The van der Waals surface area contributed by atoms with Crippen molar-refractivity contribution in [1.82, 2.24) is 0 Å². The Balaban J connectivity index is 2.75. The molecule has 0 aliphatic carbocycles. The number of carboxylic acid groups (broad SMARTS) is 1. The van der Waals surface area contributed by atoms with E-state index in [1.165, 1.54) is 0 Å². The molecule has 0 fully saturated rings. The molecule has 0 amide bonds. The van der Waals surface area contributed by atoms with Gasteiger partial charge in [0.25, 0.3) is 0 Å². The summed E-state index contributed by atoms with van der Waals surface area (Å²) in [5.41, 5.74) is 0.865. The number of aliphatic carboxylic acids is 1. The zero-order valence-corrected chi connectivity index (χ0v) is 9.99. The largest absolute Gasteiger partial charge is 0.497 e. The summed E-state index contributed by atoms with van der Waals surface area (Å²) in [4.78, 5) is 10.7. The maximum Gasteiger partial charge on any atom is 0.303 e. The molecule has 0 bridgehead atoms. The molecule has 1 N–H and O–H groups in total. The van der Waals surface area contributed by atoms with Gasteiger partial charge in [-0.3, -0.25) is 4.79 Å². The topological polar surface area (TPSA) is 46.5 Å². The maximum absolute atomic E-state index is 10.7. The van der Waals surface area contributed by atoms with Crippen LogP contribution in [-0.4, -0.2) is 18.2 Å². The van der Waals surface area contributed by atoms with E-state index in [9.17, 15) is 4.79 Å².